The van der Waals surface area contributed by atoms with Crippen LogP contribution in [-0.2, 0) is 4.74 Å². The minimum Gasteiger partial charge on any atom is -0.381 e. The maximum absolute atomic E-state index is 5.65. The zero-order chi connectivity index (χ0) is 12.9. The molecule has 2 unspecified atom stereocenters. The third-order valence-electron chi connectivity index (χ3n) is 4.32. The molecule has 3 heteroatoms. The van der Waals surface area contributed by atoms with Gasteiger partial charge in [0, 0.05) is 18.2 Å². The minimum atomic E-state index is 0.184. The molecule has 3 nitrogen and oxygen atoms in total. The number of rotatable bonds is 6. The predicted molar refractivity (Wildman–Crippen MR) is 73.4 cm³/mol. The Bertz CT molecular complexity index is 208. The molecule has 0 aromatic carbocycles. The lowest BCUT2D eigenvalue weighted by atomic mass is 9.80. The van der Waals surface area contributed by atoms with E-state index in [2.05, 4.69) is 45.0 Å². The summed E-state index contributed by atoms with van der Waals surface area (Å²) in [5.74, 6) is 0.643. The van der Waals surface area contributed by atoms with Gasteiger partial charge in [-0.2, -0.15) is 0 Å². The largest absolute Gasteiger partial charge is 0.381 e. The van der Waals surface area contributed by atoms with Gasteiger partial charge in [-0.3, -0.25) is 4.90 Å². The minimum absolute atomic E-state index is 0.184. The molecule has 17 heavy (non-hydrogen) atoms. The van der Waals surface area contributed by atoms with Crippen LogP contribution in [0.15, 0.2) is 0 Å². The van der Waals surface area contributed by atoms with Crippen LogP contribution in [0, 0.1) is 5.92 Å². The van der Waals surface area contributed by atoms with Gasteiger partial charge < -0.3 is 10.1 Å². The van der Waals surface area contributed by atoms with Gasteiger partial charge in [0.15, 0.2) is 0 Å². The fourth-order valence-corrected chi connectivity index (χ4v) is 3.43. The number of nitrogens with zero attached hydrogens (tertiary/aromatic N) is 1. The Labute approximate surface area is 107 Å². The average Bonchev–Trinajstić information content (AvgIpc) is 2.32. The standard InChI is InChI=1S/C14H30N2O/c1-6-16(7-2)14(3,4)13(15-5)12-9-8-10-17-11-12/h12-13,15H,6-11H2,1-5H3. The summed E-state index contributed by atoms with van der Waals surface area (Å²) in [4.78, 5) is 2.54. The van der Waals surface area contributed by atoms with Crippen LogP contribution in [-0.4, -0.2) is 49.8 Å². The van der Waals surface area contributed by atoms with Crippen molar-refractivity contribution in [1.82, 2.24) is 10.2 Å². The van der Waals surface area contributed by atoms with Gasteiger partial charge in [-0.1, -0.05) is 13.8 Å². The Morgan fingerprint density at radius 3 is 2.41 bits per heavy atom. The molecule has 1 aliphatic heterocycles. The first-order valence-corrected chi connectivity index (χ1v) is 7.07. The van der Waals surface area contributed by atoms with Crippen molar-refractivity contribution in [2.75, 3.05) is 33.4 Å². The van der Waals surface area contributed by atoms with Gasteiger partial charge in [-0.05, 0) is 52.7 Å². The summed E-state index contributed by atoms with van der Waals surface area (Å²) in [6.07, 6.45) is 2.49. The van der Waals surface area contributed by atoms with Gasteiger partial charge in [0.05, 0.1) is 6.61 Å². The molecule has 1 rings (SSSR count). The second kappa shape index (κ2) is 6.72. The number of nitrogens with one attached hydrogen (secondary N) is 1. The lowest BCUT2D eigenvalue weighted by Crippen LogP contribution is -2.60. The Morgan fingerprint density at radius 2 is 2.00 bits per heavy atom. The molecule has 2 atom stereocenters. The zero-order valence-corrected chi connectivity index (χ0v) is 12.3. The summed E-state index contributed by atoms with van der Waals surface area (Å²) in [6.45, 7) is 13.3. The van der Waals surface area contributed by atoms with Crippen molar-refractivity contribution in [1.29, 1.82) is 0 Å². The molecule has 1 heterocycles. The molecule has 0 bridgehead atoms. The fourth-order valence-electron chi connectivity index (χ4n) is 3.43. The highest BCUT2D eigenvalue weighted by Gasteiger charge is 2.38. The first kappa shape index (κ1) is 14.9. The van der Waals surface area contributed by atoms with Crippen molar-refractivity contribution in [3.05, 3.63) is 0 Å². The molecule has 0 aliphatic carbocycles. The van der Waals surface area contributed by atoms with E-state index < -0.39 is 0 Å². The molecule has 1 N–H and O–H groups in total. The third kappa shape index (κ3) is 3.43. The van der Waals surface area contributed by atoms with Crippen molar-refractivity contribution < 1.29 is 4.74 Å². The topological polar surface area (TPSA) is 24.5 Å². The van der Waals surface area contributed by atoms with Crippen LogP contribution in [0.25, 0.3) is 0 Å². The lowest BCUT2D eigenvalue weighted by molar-refractivity contribution is -0.00339. The first-order chi connectivity index (χ1) is 8.07. The van der Waals surface area contributed by atoms with Gasteiger partial charge in [-0.25, -0.2) is 0 Å². The van der Waals surface area contributed by atoms with Crippen LogP contribution in [0.4, 0.5) is 0 Å². The molecule has 0 saturated carbocycles. The molecule has 0 radical (unpaired) electrons. The summed E-state index contributed by atoms with van der Waals surface area (Å²) in [5, 5.41) is 3.54. The molecule has 0 amide bonds. The van der Waals surface area contributed by atoms with Gasteiger partial charge in [0.1, 0.15) is 0 Å². The molecule has 1 fully saturated rings. The number of likely N-dealkylation sites (N-methyl/N-ethyl adjacent to an activating group) is 2. The Hall–Kier alpha value is -0.120. The Kier molecular flexibility index (Phi) is 5.90. The van der Waals surface area contributed by atoms with E-state index in [9.17, 15) is 0 Å². The van der Waals surface area contributed by atoms with Gasteiger partial charge >= 0.3 is 0 Å². The fraction of sp³-hybridized carbons (Fsp3) is 1.00. The maximum Gasteiger partial charge on any atom is 0.0509 e. The summed E-state index contributed by atoms with van der Waals surface area (Å²) < 4.78 is 5.65. The van der Waals surface area contributed by atoms with Crippen molar-refractivity contribution in [2.45, 2.75) is 52.1 Å². The van der Waals surface area contributed by atoms with E-state index in [0.29, 0.717) is 12.0 Å². The SMILES string of the molecule is CCN(CC)C(C)(C)C(NC)C1CCCOC1. The molecule has 0 aromatic rings. The Balaban J connectivity index is 2.75. The first-order valence-electron chi connectivity index (χ1n) is 7.07. The van der Waals surface area contributed by atoms with Crippen LogP contribution in [0.2, 0.25) is 0 Å². The predicted octanol–water partition coefficient (Wildman–Crippen LogP) is 2.12. The third-order valence-corrected chi connectivity index (χ3v) is 4.32. The van der Waals surface area contributed by atoms with Crippen LogP contribution in [0.5, 0.6) is 0 Å². The van der Waals surface area contributed by atoms with Crippen molar-refractivity contribution >= 4 is 0 Å². The molecule has 102 valence electrons. The van der Waals surface area contributed by atoms with E-state index in [1.165, 1.54) is 12.8 Å². The lowest BCUT2D eigenvalue weighted by Gasteiger charge is -2.47. The second-order valence-corrected chi connectivity index (χ2v) is 5.57. The molecule has 0 spiro atoms. The molecule has 1 aliphatic rings. The number of ether oxygens (including phenoxy) is 1. The van der Waals surface area contributed by atoms with Crippen molar-refractivity contribution in [3.8, 4) is 0 Å². The van der Waals surface area contributed by atoms with Crippen molar-refractivity contribution in [2.24, 2.45) is 5.92 Å². The summed E-state index contributed by atoms with van der Waals surface area (Å²) in [6, 6.07) is 0.502. The van der Waals surface area contributed by atoms with Gasteiger partial charge in [-0.15, -0.1) is 0 Å². The number of hydrogen-bond acceptors (Lipinski definition) is 3. The van der Waals surface area contributed by atoms with E-state index in [1.807, 2.05) is 0 Å². The molecular weight excluding hydrogens is 212 g/mol. The molecule has 0 aromatic heterocycles. The van der Waals surface area contributed by atoms with Gasteiger partial charge in [0.2, 0.25) is 0 Å². The molecular formula is C14H30N2O. The van der Waals surface area contributed by atoms with Crippen LogP contribution in [0.3, 0.4) is 0 Å². The highest BCUT2D eigenvalue weighted by Crippen LogP contribution is 2.28. The maximum atomic E-state index is 5.65. The zero-order valence-electron chi connectivity index (χ0n) is 12.3. The molecule has 1 saturated heterocycles. The summed E-state index contributed by atoms with van der Waals surface area (Å²) in [5.41, 5.74) is 0.184. The average molecular weight is 242 g/mol. The Morgan fingerprint density at radius 1 is 1.35 bits per heavy atom. The quantitative estimate of drug-likeness (QED) is 0.772. The smallest absolute Gasteiger partial charge is 0.0509 e. The normalized spacial score (nSPS) is 24.0. The van der Waals surface area contributed by atoms with Crippen molar-refractivity contribution in [3.63, 3.8) is 0 Å². The summed E-state index contributed by atoms with van der Waals surface area (Å²) in [7, 11) is 2.09. The van der Waals surface area contributed by atoms with E-state index >= 15 is 0 Å². The van der Waals surface area contributed by atoms with Crippen LogP contribution in [0.1, 0.15) is 40.5 Å². The van der Waals surface area contributed by atoms with E-state index in [0.717, 1.165) is 26.3 Å². The number of hydrogen-bond donors (Lipinski definition) is 1. The van der Waals surface area contributed by atoms with Crippen LogP contribution < -0.4 is 5.32 Å². The van der Waals surface area contributed by atoms with Crippen LogP contribution >= 0.6 is 0 Å². The highest BCUT2D eigenvalue weighted by molar-refractivity contribution is 4.96. The van der Waals surface area contributed by atoms with E-state index in [1.54, 1.807) is 0 Å². The van der Waals surface area contributed by atoms with E-state index in [4.69, 9.17) is 4.74 Å². The monoisotopic (exact) mass is 242 g/mol. The second-order valence-electron chi connectivity index (χ2n) is 5.57. The van der Waals surface area contributed by atoms with E-state index in [-0.39, 0.29) is 5.54 Å². The highest BCUT2D eigenvalue weighted by atomic mass is 16.5. The summed E-state index contributed by atoms with van der Waals surface area (Å²) >= 11 is 0. The van der Waals surface area contributed by atoms with Gasteiger partial charge in [0.25, 0.3) is 0 Å².